The Morgan fingerprint density at radius 1 is 1.40 bits per heavy atom. The van der Waals surface area contributed by atoms with Crippen LogP contribution in [-0.2, 0) is 16.6 Å². The minimum absolute atomic E-state index is 0.209. The number of anilines is 1. The molecule has 2 heterocycles. The maximum atomic E-state index is 12.6. The molecule has 0 aromatic carbocycles. The predicted molar refractivity (Wildman–Crippen MR) is 81.4 cm³/mol. The molecular weight excluding hydrogens is 294 g/mol. The van der Waals surface area contributed by atoms with E-state index >= 15 is 0 Å². The van der Waals surface area contributed by atoms with Crippen LogP contribution >= 0.6 is 11.3 Å². The van der Waals surface area contributed by atoms with Crippen LogP contribution in [0.2, 0.25) is 0 Å². The number of nitrogens with zero attached hydrogens (tertiary/aromatic N) is 2. The molecule has 1 N–H and O–H groups in total. The summed E-state index contributed by atoms with van der Waals surface area (Å²) < 4.78 is 26.6. The highest BCUT2D eigenvalue weighted by molar-refractivity contribution is 7.89. The largest absolute Gasteiger partial charge is 0.384 e. The monoisotopic (exact) mass is 311 g/mol. The maximum Gasteiger partial charge on any atom is 0.246 e. The minimum atomic E-state index is -3.55. The number of aromatic nitrogens is 1. The SMILES string of the molecule is CCNc1ccncc1S(=O)(=O)N(C)Cc1cccs1. The summed E-state index contributed by atoms with van der Waals surface area (Å²) in [6.07, 6.45) is 2.97. The van der Waals surface area contributed by atoms with Gasteiger partial charge in [-0.2, -0.15) is 4.31 Å². The van der Waals surface area contributed by atoms with Crippen molar-refractivity contribution in [2.45, 2.75) is 18.4 Å². The molecule has 5 nitrogen and oxygen atoms in total. The van der Waals surface area contributed by atoms with Crippen molar-refractivity contribution in [1.29, 1.82) is 0 Å². The van der Waals surface area contributed by atoms with E-state index in [9.17, 15) is 8.42 Å². The molecular formula is C13H17N3O2S2. The Balaban J connectivity index is 2.30. The van der Waals surface area contributed by atoms with Gasteiger partial charge in [0, 0.05) is 37.4 Å². The van der Waals surface area contributed by atoms with Crippen molar-refractivity contribution in [3.8, 4) is 0 Å². The molecule has 0 amide bonds. The van der Waals surface area contributed by atoms with Crippen LogP contribution in [0, 0.1) is 0 Å². The van der Waals surface area contributed by atoms with Gasteiger partial charge in [-0.05, 0) is 24.4 Å². The predicted octanol–water partition coefficient (Wildman–Crippen LogP) is 2.40. The van der Waals surface area contributed by atoms with E-state index in [1.807, 2.05) is 24.4 Å². The van der Waals surface area contributed by atoms with Gasteiger partial charge in [-0.25, -0.2) is 8.42 Å². The van der Waals surface area contributed by atoms with Crippen LogP contribution in [-0.4, -0.2) is 31.3 Å². The average Bonchev–Trinajstić information content (AvgIpc) is 2.92. The lowest BCUT2D eigenvalue weighted by atomic mass is 10.4. The smallest absolute Gasteiger partial charge is 0.246 e. The Kier molecular flexibility index (Phi) is 4.74. The van der Waals surface area contributed by atoms with Crippen molar-refractivity contribution in [1.82, 2.24) is 9.29 Å². The number of nitrogens with one attached hydrogen (secondary N) is 1. The normalized spacial score (nSPS) is 11.8. The highest BCUT2D eigenvalue weighted by Crippen LogP contribution is 2.24. The van der Waals surface area contributed by atoms with Gasteiger partial charge in [-0.15, -0.1) is 11.3 Å². The highest BCUT2D eigenvalue weighted by atomic mass is 32.2. The number of sulfonamides is 1. The summed E-state index contributed by atoms with van der Waals surface area (Å²) in [7, 11) is -1.97. The Bertz CT molecular complexity index is 654. The number of pyridine rings is 1. The summed E-state index contributed by atoms with van der Waals surface area (Å²) in [5.41, 5.74) is 0.584. The number of thiophene rings is 1. The third kappa shape index (κ3) is 3.17. The summed E-state index contributed by atoms with van der Waals surface area (Å²) in [4.78, 5) is 5.14. The van der Waals surface area contributed by atoms with Crippen LogP contribution in [0.4, 0.5) is 5.69 Å². The van der Waals surface area contributed by atoms with Gasteiger partial charge in [0.25, 0.3) is 0 Å². The van der Waals surface area contributed by atoms with Crippen LogP contribution in [0.3, 0.4) is 0 Å². The second kappa shape index (κ2) is 6.34. The zero-order chi connectivity index (χ0) is 14.6. The lowest BCUT2D eigenvalue weighted by Gasteiger charge is -2.18. The second-order valence-electron chi connectivity index (χ2n) is 4.24. The van der Waals surface area contributed by atoms with Crippen LogP contribution in [0.1, 0.15) is 11.8 Å². The summed E-state index contributed by atoms with van der Waals surface area (Å²) in [5.74, 6) is 0. The molecule has 7 heteroatoms. The maximum absolute atomic E-state index is 12.6. The van der Waals surface area contributed by atoms with Gasteiger partial charge in [-0.1, -0.05) is 6.07 Å². The van der Waals surface area contributed by atoms with E-state index in [-0.39, 0.29) is 4.90 Å². The van der Waals surface area contributed by atoms with E-state index in [2.05, 4.69) is 10.3 Å². The molecule has 0 spiro atoms. The van der Waals surface area contributed by atoms with Gasteiger partial charge in [-0.3, -0.25) is 4.98 Å². The summed E-state index contributed by atoms with van der Waals surface area (Å²) in [6, 6.07) is 5.51. The van der Waals surface area contributed by atoms with Gasteiger partial charge in [0.15, 0.2) is 0 Å². The molecule has 2 aromatic heterocycles. The quantitative estimate of drug-likeness (QED) is 0.890. The van der Waals surface area contributed by atoms with Crippen molar-refractivity contribution in [2.24, 2.45) is 0 Å². The van der Waals surface area contributed by atoms with E-state index < -0.39 is 10.0 Å². The first-order valence-electron chi connectivity index (χ1n) is 6.22. The number of hydrogen-bond acceptors (Lipinski definition) is 5. The lowest BCUT2D eigenvalue weighted by Crippen LogP contribution is -2.27. The average molecular weight is 311 g/mol. The molecule has 0 atom stereocenters. The zero-order valence-electron chi connectivity index (χ0n) is 11.4. The van der Waals surface area contributed by atoms with Crippen molar-refractivity contribution in [3.63, 3.8) is 0 Å². The van der Waals surface area contributed by atoms with Crippen LogP contribution in [0.5, 0.6) is 0 Å². The summed E-state index contributed by atoms with van der Waals surface area (Å²) in [5, 5.41) is 4.99. The van der Waals surface area contributed by atoms with Crippen molar-refractivity contribution >= 4 is 27.0 Å². The molecule has 0 fully saturated rings. The van der Waals surface area contributed by atoms with E-state index in [1.165, 1.54) is 21.8 Å². The van der Waals surface area contributed by atoms with Gasteiger partial charge in [0.05, 0.1) is 5.69 Å². The topological polar surface area (TPSA) is 62.3 Å². The van der Waals surface area contributed by atoms with Crippen molar-refractivity contribution in [3.05, 3.63) is 40.8 Å². The molecule has 20 heavy (non-hydrogen) atoms. The van der Waals surface area contributed by atoms with Gasteiger partial charge >= 0.3 is 0 Å². The second-order valence-corrected chi connectivity index (χ2v) is 7.29. The van der Waals surface area contributed by atoms with Gasteiger partial charge in [0.1, 0.15) is 4.90 Å². The standard InChI is InChI=1S/C13H17N3O2S2/c1-3-15-12-6-7-14-9-13(12)20(17,18)16(2)10-11-5-4-8-19-11/h4-9H,3,10H2,1-2H3,(H,14,15). The Labute approximate surface area is 123 Å². The lowest BCUT2D eigenvalue weighted by molar-refractivity contribution is 0.469. The molecule has 0 radical (unpaired) electrons. The van der Waals surface area contributed by atoms with Crippen molar-refractivity contribution in [2.75, 3.05) is 18.9 Å². The summed E-state index contributed by atoms with van der Waals surface area (Å²) in [6.45, 7) is 2.94. The molecule has 0 saturated heterocycles. The molecule has 0 saturated carbocycles. The molecule has 0 aliphatic heterocycles. The zero-order valence-corrected chi connectivity index (χ0v) is 13.0. The van der Waals surface area contributed by atoms with E-state index in [1.54, 1.807) is 19.3 Å². The number of hydrogen-bond donors (Lipinski definition) is 1. The molecule has 2 aromatic rings. The molecule has 108 valence electrons. The fourth-order valence-electron chi connectivity index (χ4n) is 1.80. The molecule has 0 aliphatic carbocycles. The fraction of sp³-hybridized carbons (Fsp3) is 0.308. The molecule has 2 rings (SSSR count). The molecule has 0 bridgehead atoms. The van der Waals surface area contributed by atoms with E-state index in [0.717, 1.165) is 4.88 Å². The third-order valence-electron chi connectivity index (χ3n) is 2.80. The first-order chi connectivity index (χ1) is 9.55. The van der Waals surface area contributed by atoms with Crippen LogP contribution in [0.15, 0.2) is 40.9 Å². The van der Waals surface area contributed by atoms with Crippen LogP contribution < -0.4 is 5.32 Å². The fourth-order valence-corrected chi connectivity index (χ4v) is 3.89. The first kappa shape index (κ1) is 15.0. The Hall–Kier alpha value is -1.44. The first-order valence-corrected chi connectivity index (χ1v) is 8.54. The highest BCUT2D eigenvalue weighted by Gasteiger charge is 2.24. The Morgan fingerprint density at radius 3 is 2.85 bits per heavy atom. The molecule has 0 unspecified atom stereocenters. The van der Waals surface area contributed by atoms with Crippen LogP contribution in [0.25, 0.3) is 0 Å². The van der Waals surface area contributed by atoms with Gasteiger partial charge in [0.2, 0.25) is 10.0 Å². The Morgan fingerprint density at radius 2 is 2.20 bits per heavy atom. The van der Waals surface area contributed by atoms with E-state index in [4.69, 9.17) is 0 Å². The number of rotatable bonds is 6. The van der Waals surface area contributed by atoms with Gasteiger partial charge < -0.3 is 5.32 Å². The molecule has 0 aliphatic rings. The van der Waals surface area contributed by atoms with E-state index in [0.29, 0.717) is 18.8 Å². The third-order valence-corrected chi connectivity index (χ3v) is 5.49. The summed E-state index contributed by atoms with van der Waals surface area (Å²) >= 11 is 1.54. The van der Waals surface area contributed by atoms with Crippen molar-refractivity contribution < 1.29 is 8.42 Å². The minimum Gasteiger partial charge on any atom is -0.384 e.